The summed E-state index contributed by atoms with van der Waals surface area (Å²) in [5.41, 5.74) is 0. The molecule has 1 aromatic heterocycles. The van der Waals surface area contributed by atoms with E-state index in [9.17, 15) is 4.79 Å². The zero-order chi connectivity index (χ0) is 14.5. The monoisotopic (exact) mass is 298 g/mol. The molecule has 2 rings (SSSR count). The Hall–Kier alpha value is -1.40. The smallest absolute Gasteiger partial charge is 0.223 e. The average molecular weight is 299 g/mol. The summed E-state index contributed by atoms with van der Waals surface area (Å²) in [6, 6.07) is 0. The molecule has 0 radical (unpaired) electrons. The molecule has 1 N–H and O–H groups in total. The van der Waals surface area contributed by atoms with E-state index in [4.69, 9.17) is 16.3 Å². The molecule has 1 unspecified atom stereocenters. The Morgan fingerprint density at radius 3 is 3.15 bits per heavy atom. The quantitative estimate of drug-likeness (QED) is 0.858. The maximum Gasteiger partial charge on any atom is 0.223 e. The van der Waals surface area contributed by atoms with Gasteiger partial charge in [-0.3, -0.25) is 4.79 Å². The molecule has 6 nitrogen and oxygen atoms in total. The van der Waals surface area contributed by atoms with Gasteiger partial charge in [-0.1, -0.05) is 11.6 Å². The van der Waals surface area contributed by atoms with Crippen LogP contribution >= 0.6 is 11.6 Å². The van der Waals surface area contributed by atoms with Gasteiger partial charge in [-0.05, 0) is 6.92 Å². The van der Waals surface area contributed by atoms with Crippen molar-refractivity contribution in [3.63, 3.8) is 0 Å². The van der Waals surface area contributed by atoms with Crippen molar-refractivity contribution in [2.24, 2.45) is 5.92 Å². The molecule has 1 atom stereocenters. The van der Waals surface area contributed by atoms with Gasteiger partial charge in [-0.25, -0.2) is 9.97 Å². The molecular formula is C13H19ClN4O2. The second-order valence-corrected chi connectivity index (χ2v) is 5.30. The number of likely N-dealkylation sites (tertiary alicyclic amines) is 1. The molecular weight excluding hydrogens is 280 g/mol. The number of anilines is 1. The summed E-state index contributed by atoms with van der Waals surface area (Å²) in [5.74, 6) is 1.74. The van der Waals surface area contributed by atoms with E-state index in [-0.39, 0.29) is 11.8 Å². The molecule has 1 aromatic rings. The molecule has 2 heterocycles. The van der Waals surface area contributed by atoms with Crippen molar-refractivity contribution < 1.29 is 9.53 Å². The number of nitrogens with one attached hydrogen (secondary N) is 1. The molecule has 0 saturated carbocycles. The fourth-order valence-electron chi connectivity index (χ4n) is 2.23. The van der Waals surface area contributed by atoms with Gasteiger partial charge < -0.3 is 15.0 Å². The number of ether oxygens (including phenoxy) is 1. The van der Waals surface area contributed by atoms with Crippen LogP contribution in [0.3, 0.4) is 0 Å². The van der Waals surface area contributed by atoms with Gasteiger partial charge in [0.1, 0.15) is 16.7 Å². The Labute approximate surface area is 123 Å². The van der Waals surface area contributed by atoms with Gasteiger partial charge in [0, 0.05) is 39.1 Å². The third-order valence-electron chi connectivity index (χ3n) is 3.28. The summed E-state index contributed by atoms with van der Waals surface area (Å²) < 4.78 is 5.00. The minimum atomic E-state index is 0.179. The van der Waals surface area contributed by atoms with Crippen LogP contribution in [0.25, 0.3) is 0 Å². The Morgan fingerprint density at radius 1 is 1.60 bits per heavy atom. The topological polar surface area (TPSA) is 67.3 Å². The van der Waals surface area contributed by atoms with Crippen LogP contribution in [0.15, 0.2) is 6.20 Å². The molecule has 20 heavy (non-hydrogen) atoms. The van der Waals surface area contributed by atoms with E-state index in [0.29, 0.717) is 42.8 Å². The summed E-state index contributed by atoms with van der Waals surface area (Å²) in [7, 11) is 1.64. The van der Waals surface area contributed by atoms with Gasteiger partial charge in [0.05, 0.1) is 12.8 Å². The van der Waals surface area contributed by atoms with Crippen molar-refractivity contribution in [1.82, 2.24) is 14.9 Å². The molecule has 1 aliphatic rings. The lowest BCUT2D eigenvalue weighted by Gasteiger charge is -2.16. The number of nitrogens with zero attached hydrogens (tertiary/aromatic N) is 3. The molecule has 7 heteroatoms. The number of aromatic nitrogens is 2. The molecule has 0 bridgehead atoms. The number of hydrogen-bond donors (Lipinski definition) is 1. The maximum absolute atomic E-state index is 11.8. The SMILES string of the molecule is COCCN1CC(CNc2nc(C)ncc2Cl)CC1=O. The van der Waals surface area contributed by atoms with Crippen molar-refractivity contribution in [1.29, 1.82) is 0 Å². The van der Waals surface area contributed by atoms with Crippen LogP contribution in [-0.4, -0.2) is 54.1 Å². The van der Waals surface area contributed by atoms with Gasteiger partial charge in [0.25, 0.3) is 0 Å². The summed E-state index contributed by atoms with van der Waals surface area (Å²) in [6.07, 6.45) is 2.13. The van der Waals surface area contributed by atoms with Gasteiger partial charge in [0.2, 0.25) is 5.91 Å². The van der Waals surface area contributed by atoms with Crippen molar-refractivity contribution in [2.75, 3.05) is 38.7 Å². The van der Waals surface area contributed by atoms with Crippen LogP contribution < -0.4 is 5.32 Å². The molecule has 0 spiro atoms. The number of aryl methyl sites for hydroxylation is 1. The molecule has 110 valence electrons. The second kappa shape index (κ2) is 6.85. The third-order valence-corrected chi connectivity index (χ3v) is 3.56. The fraction of sp³-hybridized carbons (Fsp3) is 0.615. The first-order chi connectivity index (χ1) is 9.60. The Balaban J connectivity index is 1.86. The molecule has 1 fully saturated rings. The normalized spacial score (nSPS) is 18.6. The van der Waals surface area contributed by atoms with Crippen LogP contribution in [0.1, 0.15) is 12.2 Å². The van der Waals surface area contributed by atoms with Crippen molar-refractivity contribution in [3.05, 3.63) is 17.0 Å². The van der Waals surface area contributed by atoms with Gasteiger partial charge in [-0.15, -0.1) is 0 Å². The van der Waals surface area contributed by atoms with Crippen LogP contribution in [-0.2, 0) is 9.53 Å². The van der Waals surface area contributed by atoms with Crippen LogP contribution in [0, 0.1) is 12.8 Å². The maximum atomic E-state index is 11.8. The fourth-order valence-corrected chi connectivity index (χ4v) is 2.39. The van der Waals surface area contributed by atoms with Crippen LogP contribution in [0.5, 0.6) is 0 Å². The van der Waals surface area contributed by atoms with E-state index in [1.165, 1.54) is 0 Å². The highest BCUT2D eigenvalue weighted by atomic mass is 35.5. The van der Waals surface area contributed by atoms with Crippen LogP contribution in [0.2, 0.25) is 5.02 Å². The van der Waals surface area contributed by atoms with Crippen LogP contribution in [0.4, 0.5) is 5.82 Å². The lowest BCUT2D eigenvalue weighted by atomic mass is 10.1. The first-order valence-corrected chi connectivity index (χ1v) is 6.97. The Bertz CT molecular complexity index is 483. The summed E-state index contributed by atoms with van der Waals surface area (Å²) in [4.78, 5) is 21.9. The number of carbonyl (C=O) groups is 1. The first-order valence-electron chi connectivity index (χ1n) is 6.60. The van der Waals surface area contributed by atoms with Crippen molar-refractivity contribution >= 4 is 23.3 Å². The zero-order valence-electron chi connectivity index (χ0n) is 11.7. The molecule has 0 aliphatic carbocycles. The van der Waals surface area contributed by atoms with E-state index in [1.807, 2.05) is 11.8 Å². The van der Waals surface area contributed by atoms with Crippen molar-refractivity contribution in [3.8, 4) is 0 Å². The lowest BCUT2D eigenvalue weighted by Crippen LogP contribution is -2.29. The van der Waals surface area contributed by atoms with E-state index in [1.54, 1.807) is 13.3 Å². The number of methoxy groups -OCH3 is 1. The standard InChI is InChI=1S/C13H19ClN4O2/c1-9-15-7-11(14)13(17-9)16-6-10-5-12(19)18(8-10)3-4-20-2/h7,10H,3-6,8H2,1-2H3,(H,15,16,17). The van der Waals surface area contributed by atoms with E-state index in [0.717, 1.165) is 6.54 Å². The number of amides is 1. The summed E-state index contributed by atoms with van der Waals surface area (Å²) in [5, 5.41) is 3.70. The predicted molar refractivity (Wildman–Crippen MR) is 76.8 cm³/mol. The largest absolute Gasteiger partial charge is 0.383 e. The highest BCUT2D eigenvalue weighted by Crippen LogP contribution is 2.21. The van der Waals surface area contributed by atoms with E-state index in [2.05, 4.69) is 15.3 Å². The number of halogens is 1. The first kappa shape index (κ1) is 15.0. The molecule has 0 aromatic carbocycles. The lowest BCUT2D eigenvalue weighted by molar-refractivity contribution is -0.128. The number of rotatable bonds is 6. The highest BCUT2D eigenvalue weighted by Gasteiger charge is 2.29. The summed E-state index contributed by atoms with van der Waals surface area (Å²) >= 11 is 6.03. The van der Waals surface area contributed by atoms with Gasteiger partial charge >= 0.3 is 0 Å². The minimum absolute atomic E-state index is 0.179. The molecule has 1 amide bonds. The second-order valence-electron chi connectivity index (χ2n) is 4.90. The van der Waals surface area contributed by atoms with Gasteiger partial charge in [-0.2, -0.15) is 0 Å². The minimum Gasteiger partial charge on any atom is -0.383 e. The predicted octanol–water partition coefficient (Wildman–Crippen LogP) is 1.35. The van der Waals surface area contributed by atoms with E-state index < -0.39 is 0 Å². The highest BCUT2D eigenvalue weighted by molar-refractivity contribution is 6.32. The molecule has 1 saturated heterocycles. The third kappa shape index (κ3) is 3.80. The van der Waals surface area contributed by atoms with E-state index >= 15 is 0 Å². The Morgan fingerprint density at radius 2 is 2.40 bits per heavy atom. The molecule has 1 aliphatic heterocycles. The zero-order valence-corrected chi connectivity index (χ0v) is 12.5. The average Bonchev–Trinajstić information content (AvgIpc) is 2.78. The number of hydrogen-bond acceptors (Lipinski definition) is 5. The Kier molecular flexibility index (Phi) is 5.14. The van der Waals surface area contributed by atoms with Gasteiger partial charge in [0.15, 0.2) is 0 Å². The van der Waals surface area contributed by atoms with Crippen molar-refractivity contribution in [2.45, 2.75) is 13.3 Å². The summed E-state index contributed by atoms with van der Waals surface area (Å²) in [6.45, 7) is 4.46. The number of carbonyl (C=O) groups excluding carboxylic acids is 1.